The van der Waals surface area contributed by atoms with Crippen molar-refractivity contribution in [2.45, 2.75) is 0 Å². The molecule has 1 aromatic heterocycles. The van der Waals surface area contributed by atoms with Gasteiger partial charge in [0.05, 0.1) is 0 Å². The molecule has 3 rings (SSSR count). The number of thiazole rings is 1. The summed E-state index contributed by atoms with van der Waals surface area (Å²) in [4.78, 5) is 28.3. The molecule has 0 unspecified atom stereocenters. The summed E-state index contributed by atoms with van der Waals surface area (Å²) in [5.41, 5.74) is 6.21. The second-order valence-electron chi connectivity index (χ2n) is 4.82. The first-order valence-electron chi connectivity index (χ1n) is 7.00. The lowest BCUT2D eigenvalue weighted by atomic mass is 10.2. The Labute approximate surface area is 147 Å². The van der Waals surface area contributed by atoms with Crippen molar-refractivity contribution in [3.63, 3.8) is 0 Å². The highest BCUT2D eigenvalue weighted by Crippen LogP contribution is 2.23. The smallest absolute Gasteiger partial charge is 0.267 e. The van der Waals surface area contributed by atoms with Gasteiger partial charge in [-0.05, 0) is 18.2 Å². The van der Waals surface area contributed by atoms with Crippen LogP contribution in [0.25, 0.3) is 10.6 Å². The number of nitrogens with zero attached hydrogens (tertiary/aromatic N) is 1. The standard InChI is InChI=1S/C17H12ClN3O2S/c18-13-8-4-7-12(9-13)15(22)20-21-16(23)14-10-24-17(19-14)11-5-2-1-3-6-11/h1-10H,(H,20,22)(H,21,23). The Kier molecular flexibility index (Phi) is 4.88. The molecule has 0 aliphatic heterocycles. The molecular formula is C17H12ClN3O2S. The number of nitrogens with one attached hydrogen (secondary N) is 2. The van der Waals surface area contributed by atoms with E-state index in [2.05, 4.69) is 15.8 Å². The zero-order valence-corrected chi connectivity index (χ0v) is 13.9. The third-order valence-corrected chi connectivity index (χ3v) is 4.26. The van der Waals surface area contributed by atoms with Gasteiger partial charge in [-0.2, -0.15) is 0 Å². The predicted octanol–water partition coefficient (Wildman–Crippen LogP) is 3.54. The summed E-state index contributed by atoms with van der Waals surface area (Å²) in [7, 11) is 0. The van der Waals surface area contributed by atoms with Crippen molar-refractivity contribution in [2.75, 3.05) is 0 Å². The number of carbonyl (C=O) groups is 2. The van der Waals surface area contributed by atoms with Gasteiger partial charge in [-0.25, -0.2) is 4.98 Å². The van der Waals surface area contributed by atoms with Gasteiger partial charge < -0.3 is 0 Å². The van der Waals surface area contributed by atoms with Crippen molar-refractivity contribution in [1.82, 2.24) is 15.8 Å². The first kappa shape index (κ1) is 16.2. The third kappa shape index (κ3) is 3.79. The average Bonchev–Trinajstić information content (AvgIpc) is 3.10. The van der Waals surface area contributed by atoms with Crippen LogP contribution < -0.4 is 10.9 Å². The topological polar surface area (TPSA) is 71.1 Å². The molecule has 24 heavy (non-hydrogen) atoms. The molecule has 0 aliphatic carbocycles. The zero-order chi connectivity index (χ0) is 16.9. The Hall–Kier alpha value is -2.70. The molecule has 5 nitrogen and oxygen atoms in total. The summed E-state index contributed by atoms with van der Waals surface area (Å²) in [5.74, 6) is -0.937. The molecule has 0 radical (unpaired) electrons. The highest BCUT2D eigenvalue weighted by molar-refractivity contribution is 7.13. The average molecular weight is 358 g/mol. The van der Waals surface area contributed by atoms with Crippen LogP contribution in [0.3, 0.4) is 0 Å². The Morgan fingerprint density at radius 3 is 2.46 bits per heavy atom. The molecule has 0 saturated carbocycles. The fourth-order valence-corrected chi connectivity index (χ4v) is 2.97. The van der Waals surface area contributed by atoms with E-state index >= 15 is 0 Å². The summed E-state index contributed by atoms with van der Waals surface area (Å²) in [6, 6.07) is 16.0. The molecule has 0 spiro atoms. The summed E-state index contributed by atoms with van der Waals surface area (Å²) in [6.45, 7) is 0. The molecule has 2 aromatic carbocycles. The normalized spacial score (nSPS) is 10.2. The second-order valence-corrected chi connectivity index (χ2v) is 6.12. The van der Waals surface area contributed by atoms with Gasteiger partial charge in [0.2, 0.25) is 0 Å². The molecule has 120 valence electrons. The van der Waals surface area contributed by atoms with Crippen molar-refractivity contribution in [3.05, 3.63) is 76.3 Å². The van der Waals surface area contributed by atoms with Gasteiger partial charge in [-0.3, -0.25) is 20.4 Å². The van der Waals surface area contributed by atoms with Gasteiger partial charge >= 0.3 is 0 Å². The highest BCUT2D eigenvalue weighted by Gasteiger charge is 2.13. The molecule has 0 saturated heterocycles. The fraction of sp³-hybridized carbons (Fsp3) is 0. The van der Waals surface area contributed by atoms with Crippen LogP contribution in [0.4, 0.5) is 0 Å². The predicted molar refractivity (Wildman–Crippen MR) is 93.9 cm³/mol. The van der Waals surface area contributed by atoms with Crippen LogP contribution in [-0.4, -0.2) is 16.8 Å². The van der Waals surface area contributed by atoms with Crippen LogP contribution >= 0.6 is 22.9 Å². The number of aromatic nitrogens is 1. The van der Waals surface area contributed by atoms with E-state index < -0.39 is 11.8 Å². The van der Waals surface area contributed by atoms with Crippen molar-refractivity contribution < 1.29 is 9.59 Å². The van der Waals surface area contributed by atoms with E-state index in [0.29, 0.717) is 10.6 Å². The van der Waals surface area contributed by atoms with Crippen LogP contribution in [-0.2, 0) is 0 Å². The number of carbonyl (C=O) groups excluding carboxylic acids is 2. The zero-order valence-electron chi connectivity index (χ0n) is 12.3. The molecular weight excluding hydrogens is 346 g/mol. The maximum absolute atomic E-state index is 12.1. The van der Waals surface area contributed by atoms with Gasteiger partial charge in [0.25, 0.3) is 11.8 Å². The number of hydrazine groups is 1. The van der Waals surface area contributed by atoms with E-state index in [0.717, 1.165) is 10.6 Å². The highest BCUT2D eigenvalue weighted by atomic mass is 35.5. The van der Waals surface area contributed by atoms with E-state index in [1.165, 1.54) is 17.4 Å². The van der Waals surface area contributed by atoms with Crippen molar-refractivity contribution in [2.24, 2.45) is 0 Å². The summed E-state index contributed by atoms with van der Waals surface area (Å²) in [5, 5.41) is 2.83. The Morgan fingerprint density at radius 1 is 0.958 bits per heavy atom. The third-order valence-electron chi connectivity index (χ3n) is 3.13. The fourth-order valence-electron chi connectivity index (χ4n) is 1.97. The lowest BCUT2D eigenvalue weighted by molar-refractivity contribution is 0.0844. The summed E-state index contributed by atoms with van der Waals surface area (Å²) in [6.07, 6.45) is 0. The number of amides is 2. The van der Waals surface area contributed by atoms with Crippen LogP contribution in [0, 0.1) is 0 Å². The second kappa shape index (κ2) is 7.25. The SMILES string of the molecule is O=C(NNC(=O)c1csc(-c2ccccc2)n1)c1cccc(Cl)c1. The molecule has 0 aliphatic rings. The Bertz CT molecular complexity index is 880. The maximum atomic E-state index is 12.1. The monoisotopic (exact) mass is 357 g/mol. The quantitative estimate of drug-likeness (QED) is 0.704. The maximum Gasteiger partial charge on any atom is 0.289 e. The minimum Gasteiger partial charge on any atom is -0.267 e. The van der Waals surface area contributed by atoms with Crippen LogP contribution in [0.5, 0.6) is 0 Å². The van der Waals surface area contributed by atoms with Crippen LogP contribution in [0.15, 0.2) is 60.0 Å². The number of hydrogen-bond acceptors (Lipinski definition) is 4. The van der Waals surface area contributed by atoms with E-state index in [-0.39, 0.29) is 5.69 Å². The molecule has 2 amide bonds. The summed E-state index contributed by atoms with van der Waals surface area (Å²) >= 11 is 7.19. The van der Waals surface area contributed by atoms with Gasteiger partial charge in [0.1, 0.15) is 10.7 Å². The Morgan fingerprint density at radius 2 is 1.71 bits per heavy atom. The molecule has 0 atom stereocenters. The van der Waals surface area contributed by atoms with Crippen molar-refractivity contribution >= 4 is 34.8 Å². The minimum atomic E-state index is -0.483. The molecule has 0 fully saturated rings. The molecule has 0 bridgehead atoms. The van der Waals surface area contributed by atoms with Crippen molar-refractivity contribution in [3.8, 4) is 10.6 Å². The van der Waals surface area contributed by atoms with Gasteiger partial charge in [-0.15, -0.1) is 11.3 Å². The van der Waals surface area contributed by atoms with E-state index in [9.17, 15) is 9.59 Å². The van der Waals surface area contributed by atoms with Crippen LogP contribution in [0.2, 0.25) is 5.02 Å². The number of hydrogen-bond donors (Lipinski definition) is 2. The largest absolute Gasteiger partial charge is 0.289 e. The van der Waals surface area contributed by atoms with E-state index in [1.54, 1.807) is 23.6 Å². The van der Waals surface area contributed by atoms with E-state index in [4.69, 9.17) is 11.6 Å². The molecule has 3 aromatic rings. The number of benzene rings is 2. The lowest BCUT2D eigenvalue weighted by Gasteiger charge is -2.06. The van der Waals surface area contributed by atoms with Crippen LogP contribution in [0.1, 0.15) is 20.8 Å². The minimum absolute atomic E-state index is 0.241. The molecule has 2 N–H and O–H groups in total. The summed E-state index contributed by atoms with van der Waals surface area (Å²) < 4.78 is 0. The first-order chi connectivity index (χ1) is 11.6. The van der Waals surface area contributed by atoms with E-state index in [1.807, 2.05) is 30.3 Å². The number of rotatable bonds is 3. The molecule has 1 heterocycles. The molecule has 7 heteroatoms. The van der Waals surface area contributed by atoms with Gasteiger partial charge in [-0.1, -0.05) is 48.0 Å². The van der Waals surface area contributed by atoms with Gasteiger partial charge in [0, 0.05) is 21.5 Å². The van der Waals surface area contributed by atoms with Gasteiger partial charge in [0.15, 0.2) is 0 Å². The number of halogens is 1. The Balaban J connectivity index is 1.63. The van der Waals surface area contributed by atoms with Crippen molar-refractivity contribution in [1.29, 1.82) is 0 Å². The lowest BCUT2D eigenvalue weighted by Crippen LogP contribution is -2.41. The first-order valence-corrected chi connectivity index (χ1v) is 8.26.